The Bertz CT molecular complexity index is 1000. The molecule has 0 saturated heterocycles. The molecule has 2 aromatic heterocycles. The molecule has 140 valence electrons. The van der Waals surface area contributed by atoms with Gasteiger partial charge in [0.05, 0.1) is 16.4 Å². The molecule has 1 aromatic carbocycles. The van der Waals surface area contributed by atoms with E-state index in [1.807, 2.05) is 24.8 Å². The van der Waals surface area contributed by atoms with Gasteiger partial charge < -0.3 is 14.7 Å². The van der Waals surface area contributed by atoms with E-state index in [1.165, 1.54) is 0 Å². The van der Waals surface area contributed by atoms with Crippen LogP contribution in [0.15, 0.2) is 28.9 Å². The Labute approximate surface area is 159 Å². The van der Waals surface area contributed by atoms with Gasteiger partial charge in [0.15, 0.2) is 0 Å². The third-order valence-electron chi connectivity index (χ3n) is 4.69. The van der Waals surface area contributed by atoms with Gasteiger partial charge in [-0.25, -0.2) is 13.8 Å². The summed E-state index contributed by atoms with van der Waals surface area (Å²) in [5.74, 6) is 0.218. The second-order valence-corrected chi connectivity index (χ2v) is 6.84. The van der Waals surface area contributed by atoms with E-state index in [0.29, 0.717) is 24.7 Å². The van der Waals surface area contributed by atoms with Crippen molar-refractivity contribution >= 4 is 23.1 Å². The summed E-state index contributed by atoms with van der Waals surface area (Å²) in [6.45, 7) is 5.09. The first kappa shape index (κ1) is 17.7. The third kappa shape index (κ3) is 3.12. The highest BCUT2D eigenvalue weighted by Gasteiger charge is 2.23. The van der Waals surface area contributed by atoms with Gasteiger partial charge in [0.25, 0.3) is 0 Å². The van der Waals surface area contributed by atoms with E-state index in [4.69, 9.17) is 16.1 Å². The highest BCUT2D eigenvalue weighted by Crippen LogP contribution is 2.36. The summed E-state index contributed by atoms with van der Waals surface area (Å²) in [5, 5.41) is 7.02. The van der Waals surface area contributed by atoms with Gasteiger partial charge in [-0.3, -0.25) is 0 Å². The molecule has 0 radical (unpaired) electrons. The summed E-state index contributed by atoms with van der Waals surface area (Å²) >= 11 is 6.01. The lowest BCUT2D eigenvalue weighted by atomic mass is 10.0. The molecule has 1 aliphatic heterocycles. The first-order valence-electron chi connectivity index (χ1n) is 8.50. The number of fused-ring (bicyclic) bond motifs is 1. The summed E-state index contributed by atoms with van der Waals surface area (Å²) in [6, 6.07) is 4.08. The minimum Gasteiger partial charge on any atom is -0.367 e. The van der Waals surface area contributed by atoms with Gasteiger partial charge >= 0.3 is 0 Å². The number of aryl methyl sites for hydroxylation is 2. The Morgan fingerprint density at radius 1 is 1.26 bits per heavy atom. The lowest BCUT2D eigenvalue weighted by Gasteiger charge is -2.32. The van der Waals surface area contributed by atoms with Crippen molar-refractivity contribution in [3.05, 3.63) is 58.1 Å². The van der Waals surface area contributed by atoms with Crippen LogP contribution in [0.5, 0.6) is 0 Å². The lowest BCUT2D eigenvalue weighted by molar-refractivity contribution is 0.393. The Balaban J connectivity index is 1.75. The van der Waals surface area contributed by atoms with E-state index >= 15 is 0 Å². The smallest absolute Gasteiger partial charge is 0.149 e. The number of hydrogen-bond acceptors (Lipinski definition) is 5. The summed E-state index contributed by atoms with van der Waals surface area (Å²) in [5.41, 5.74) is 3.42. The van der Waals surface area contributed by atoms with Crippen molar-refractivity contribution in [2.75, 3.05) is 23.3 Å². The molecule has 0 bridgehead atoms. The maximum atomic E-state index is 14.2. The molecule has 0 fully saturated rings. The molecule has 4 rings (SSSR count). The van der Waals surface area contributed by atoms with Crippen molar-refractivity contribution in [3.8, 4) is 11.1 Å². The van der Waals surface area contributed by atoms with Crippen LogP contribution in [0.3, 0.4) is 0 Å². The summed E-state index contributed by atoms with van der Waals surface area (Å²) in [6.07, 6.45) is 1.75. The number of hydrogen-bond donors (Lipinski definition) is 1. The van der Waals surface area contributed by atoms with Gasteiger partial charge in [-0.2, -0.15) is 0 Å². The molecular formula is C19H17ClF2N4O. The Kier molecular flexibility index (Phi) is 4.47. The molecule has 27 heavy (non-hydrogen) atoms. The molecule has 3 aromatic rings. The third-order valence-corrected chi connectivity index (χ3v) is 5.10. The normalized spacial score (nSPS) is 13.4. The predicted octanol–water partition coefficient (Wildman–Crippen LogP) is 4.72. The van der Waals surface area contributed by atoms with Gasteiger partial charge in [-0.15, -0.1) is 0 Å². The van der Waals surface area contributed by atoms with E-state index in [1.54, 1.807) is 6.20 Å². The topological polar surface area (TPSA) is 54.2 Å². The van der Waals surface area contributed by atoms with Gasteiger partial charge in [-0.05, 0) is 32.0 Å². The molecule has 0 saturated carbocycles. The maximum Gasteiger partial charge on any atom is 0.149 e. The standard InChI is InChI=1S/C19H17ClF2N4O/c1-10-17(11(2)27-25-10)12-7-16-19(24-8-12)23-5-6-26(16)9-13-14(21)3-4-15(22)18(13)20/h3-4,7-8H,5-6,9H2,1-2H3,(H,23,24). The van der Waals surface area contributed by atoms with E-state index in [0.717, 1.165) is 34.6 Å². The van der Waals surface area contributed by atoms with E-state index < -0.39 is 11.6 Å². The average Bonchev–Trinajstić information content (AvgIpc) is 3.00. The van der Waals surface area contributed by atoms with Crippen molar-refractivity contribution in [3.63, 3.8) is 0 Å². The molecule has 5 nitrogen and oxygen atoms in total. The maximum absolute atomic E-state index is 14.2. The van der Waals surface area contributed by atoms with Crippen LogP contribution in [0.4, 0.5) is 20.3 Å². The Hall–Kier alpha value is -2.67. The van der Waals surface area contributed by atoms with E-state index in [-0.39, 0.29) is 17.1 Å². The Morgan fingerprint density at radius 2 is 2.04 bits per heavy atom. The first-order valence-corrected chi connectivity index (χ1v) is 8.88. The number of benzene rings is 1. The Morgan fingerprint density at radius 3 is 2.78 bits per heavy atom. The van der Waals surface area contributed by atoms with Crippen LogP contribution >= 0.6 is 11.6 Å². The lowest BCUT2D eigenvalue weighted by Crippen LogP contribution is -2.34. The van der Waals surface area contributed by atoms with Crippen LogP contribution in [0.1, 0.15) is 17.0 Å². The second-order valence-electron chi connectivity index (χ2n) is 6.46. The van der Waals surface area contributed by atoms with Crippen molar-refractivity contribution in [1.82, 2.24) is 10.1 Å². The number of halogens is 3. The monoisotopic (exact) mass is 390 g/mol. The molecule has 3 heterocycles. The number of aromatic nitrogens is 2. The van der Waals surface area contributed by atoms with Crippen LogP contribution < -0.4 is 10.2 Å². The van der Waals surface area contributed by atoms with Crippen LogP contribution in [0.2, 0.25) is 5.02 Å². The zero-order valence-electron chi connectivity index (χ0n) is 14.8. The molecule has 0 aliphatic carbocycles. The minimum atomic E-state index is -0.633. The fraction of sp³-hybridized carbons (Fsp3) is 0.263. The molecular weight excluding hydrogens is 374 g/mol. The minimum absolute atomic E-state index is 0.132. The summed E-state index contributed by atoms with van der Waals surface area (Å²) < 4.78 is 33.3. The number of anilines is 2. The first-order chi connectivity index (χ1) is 13.0. The average molecular weight is 391 g/mol. The van der Waals surface area contributed by atoms with Crippen LogP contribution in [0.25, 0.3) is 11.1 Å². The zero-order valence-corrected chi connectivity index (χ0v) is 15.6. The van der Waals surface area contributed by atoms with Gasteiger partial charge in [0, 0.05) is 42.5 Å². The number of rotatable bonds is 3. The number of nitrogens with zero attached hydrogens (tertiary/aromatic N) is 3. The van der Waals surface area contributed by atoms with Gasteiger partial charge in [-0.1, -0.05) is 16.8 Å². The predicted molar refractivity (Wildman–Crippen MR) is 100 cm³/mol. The highest BCUT2D eigenvalue weighted by atomic mass is 35.5. The van der Waals surface area contributed by atoms with Crippen molar-refractivity contribution in [1.29, 1.82) is 0 Å². The second kappa shape index (κ2) is 6.81. The zero-order chi connectivity index (χ0) is 19.1. The molecule has 0 amide bonds. The fourth-order valence-corrected chi connectivity index (χ4v) is 3.57. The molecule has 0 unspecified atom stereocenters. The summed E-state index contributed by atoms with van der Waals surface area (Å²) in [4.78, 5) is 6.42. The van der Waals surface area contributed by atoms with E-state index in [2.05, 4.69) is 15.5 Å². The molecule has 8 heteroatoms. The molecule has 1 N–H and O–H groups in total. The van der Waals surface area contributed by atoms with Crippen LogP contribution in [-0.2, 0) is 6.54 Å². The van der Waals surface area contributed by atoms with Crippen LogP contribution in [-0.4, -0.2) is 23.2 Å². The van der Waals surface area contributed by atoms with Crippen molar-refractivity contribution in [2.24, 2.45) is 0 Å². The largest absolute Gasteiger partial charge is 0.367 e. The van der Waals surface area contributed by atoms with Crippen molar-refractivity contribution < 1.29 is 13.3 Å². The summed E-state index contributed by atoms with van der Waals surface area (Å²) in [7, 11) is 0. The SMILES string of the molecule is Cc1noc(C)c1-c1cnc2c(c1)N(Cc1c(F)ccc(F)c1Cl)CCN2. The molecule has 0 spiro atoms. The van der Waals surface area contributed by atoms with Crippen LogP contribution in [0, 0.1) is 25.5 Å². The van der Waals surface area contributed by atoms with Crippen molar-refractivity contribution in [2.45, 2.75) is 20.4 Å². The molecule has 0 atom stereocenters. The fourth-order valence-electron chi connectivity index (χ4n) is 3.36. The van der Waals surface area contributed by atoms with E-state index in [9.17, 15) is 8.78 Å². The highest BCUT2D eigenvalue weighted by molar-refractivity contribution is 6.31. The number of pyridine rings is 1. The van der Waals surface area contributed by atoms with Gasteiger partial charge in [0.1, 0.15) is 23.2 Å². The number of nitrogens with one attached hydrogen (secondary N) is 1. The molecule has 1 aliphatic rings. The quantitative estimate of drug-likeness (QED) is 0.656. The van der Waals surface area contributed by atoms with Gasteiger partial charge in [0.2, 0.25) is 0 Å².